The molecule has 0 aromatic heterocycles. The van der Waals surface area contributed by atoms with Crippen LogP contribution < -0.4 is 15.4 Å². The molecule has 1 aliphatic carbocycles. The van der Waals surface area contributed by atoms with Gasteiger partial charge in [-0.2, -0.15) is 0 Å². The van der Waals surface area contributed by atoms with E-state index in [1.54, 1.807) is 0 Å². The van der Waals surface area contributed by atoms with Crippen molar-refractivity contribution in [1.82, 2.24) is 5.32 Å². The number of anilines is 1. The van der Waals surface area contributed by atoms with Crippen LogP contribution in [0.15, 0.2) is 18.2 Å². The molecule has 0 unspecified atom stereocenters. The van der Waals surface area contributed by atoms with Crippen LogP contribution in [0.3, 0.4) is 0 Å². The molecule has 2 rings (SSSR count). The van der Waals surface area contributed by atoms with Crippen molar-refractivity contribution >= 4 is 17.7 Å². The van der Waals surface area contributed by atoms with Crippen LogP contribution in [0.5, 0.6) is 5.75 Å². The summed E-state index contributed by atoms with van der Waals surface area (Å²) in [4.78, 5) is 23.0. The second-order valence-electron chi connectivity index (χ2n) is 5.15. The number of urea groups is 1. The van der Waals surface area contributed by atoms with Gasteiger partial charge in [-0.3, -0.25) is 0 Å². The van der Waals surface area contributed by atoms with Crippen LogP contribution in [-0.2, 0) is 0 Å². The predicted octanol–water partition coefficient (Wildman–Crippen LogP) is 2.85. The van der Waals surface area contributed by atoms with Gasteiger partial charge in [-0.1, -0.05) is 19.3 Å². The number of carboxylic acid groups (broad SMARTS) is 1. The van der Waals surface area contributed by atoms with Gasteiger partial charge in [0.1, 0.15) is 5.75 Å². The highest BCUT2D eigenvalue weighted by Crippen LogP contribution is 2.25. The molecule has 0 saturated heterocycles. The van der Waals surface area contributed by atoms with E-state index in [-0.39, 0.29) is 17.6 Å². The average molecular weight is 292 g/mol. The maximum atomic E-state index is 12.0. The van der Waals surface area contributed by atoms with E-state index in [2.05, 4.69) is 10.6 Å². The number of carbonyl (C=O) groups excluding carboxylic acids is 1. The molecule has 1 saturated carbocycles. The molecule has 6 heteroatoms. The second kappa shape index (κ2) is 6.97. The summed E-state index contributed by atoms with van der Waals surface area (Å²) in [7, 11) is 1.47. The molecule has 114 valence electrons. The molecule has 0 spiro atoms. The van der Waals surface area contributed by atoms with E-state index < -0.39 is 5.97 Å². The van der Waals surface area contributed by atoms with E-state index >= 15 is 0 Å². The monoisotopic (exact) mass is 292 g/mol. The number of carboxylic acids is 1. The zero-order valence-electron chi connectivity index (χ0n) is 12.0. The molecule has 1 fully saturated rings. The third kappa shape index (κ3) is 4.11. The quantitative estimate of drug-likeness (QED) is 0.796. The first-order chi connectivity index (χ1) is 10.1. The minimum atomic E-state index is -1.05. The van der Waals surface area contributed by atoms with Gasteiger partial charge in [-0.05, 0) is 31.0 Å². The number of ether oxygens (including phenoxy) is 1. The Hall–Kier alpha value is -2.24. The smallest absolute Gasteiger partial charge is 0.335 e. The molecular formula is C15H20N2O4. The van der Waals surface area contributed by atoms with Crippen LogP contribution in [0.4, 0.5) is 10.5 Å². The van der Waals surface area contributed by atoms with Crippen LogP contribution in [0, 0.1) is 0 Å². The van der Waals surface area contributed by atoms with Gasteiger partial charge < -0.3 is 20.5 Å². The Kier molecular flexibility index (Phi) is 5.03. The van der Waals surface area contributed by atoms with Crippen molar-refractivity contribution in [3.63, 3.8) is 0 Å². The number of amides is 2. The zero-order valence-corrected chi connectivity index (χ0v) is 12.0. The van der Waals surface area contributed by atoms with Gasteiger partial charge in [0.05, 0.1) is 18.4 Å². The number of hydrogen-bond donors (Lipinski definition) is 3. The number of nitrogens with one attached hydrogen (secondary N) is 2. The van der Waals surface area contributed by atoms with Crippen LogP contribution in [0.25, 0.3) is 0 Å². The van der Waals surface area contributed by atoms with Crippen LogP contribution in [0.2, 0.25) is 0 Å². The highest BCUT2D eigenvalue weighted by Gasteiger charge is 2.17. The summed E-state index contributed by atoms with van der Waals surface area (Å²) in [5.74, 6) is -0.618. The highest BCUT2D eigenvalue weighted by molar-refractivity contribution is 5.94. The molecule has 21 heavy (non-hydrogen) atoms. The molecule has 6 nitrogen and oxygen atoms in total. The maximum absolute atomic E-state index is 12.0. The molecule has 0 heterocycles. The standard InChI is InChI=1S/C15H20N2O4/c1-21-13-8-7-10(14(18)19)9-12(13)17-15(20)16-11-5-3-2-4-6-11/h7-9,11H,2-6H2,1H3,(H,18,19)(H2,16,17,20). The Bertz CT molecular complexity index is 524. The van der Waals surface area contributed by atoms with E-state index in [1.165, 1.54) is 31.7 Å². The molecule has 3 N–H and O–H groups in total. The Morgan fingerprint density at radius 1 is 1.24 bits per heavy atom. The summed E-state index contributed by atoms with van der Waals surface area (Å²) < 4.78 is 5.14. The largest absolute Gasteiger partial charge is 0.495 e. The topological polar surface area (TPSA) is 87.7 Å². The van der Waals surface area contributed by atoms with Crippen molar-refractivity contribution in [2.24, 2.45) is 0 Å². The van der Waals surface area contributed by atoms with Crippen molar-refractivity contribution < 1.29 is 19.4 Å². The van der Waals surface area contributed by atoms with Crippen LogP contribution in [-0.4, -0.2) is 30.3 Å². The summed E-state index contributed by atoms with van der Waals surface area (Å²) in [5, 5.41) is 14.6. The van der Waals surface area contributed by atoms with E-state index in [0.29, 0.717) is 11.4 Å². The van der Waals surface area contributed by atoms with Gasteiger partial charge in [0, 0.05) is 6.04 Å². The molecule has 1 aromatic rings. The Morgan fingerprint density at radius 2 is 1.95 bits per heavy atom. The second-order valence-corrected chi connectivity index (χ2v) is 5.15. The number of hydrogen-bond acceptors (Lipinski definition) is 3. The third-order valence-electron chi connectivity index (χ3n) is 3.64. The van der Waals surface area contributed by atoms with E-state index in [4.69, 9.17) is 9.84 Å². The van der Waals surface area contributed by atoms with Crippen molar-refractivity contribution in [3.05, 3.63) is 23.8 Å². The summed E-state index contributed by atoms with van der Waals surface area (Å²) in [6, 6.07) is 4.21. The van der Waals surface area contributed by atoms with Gasteiger partial charge in [0.2, 0.25) is 0 Å². The summed E-state index contributed by atoms with van der Waals surface area (Å²) in [6.45, 7) is 0. The first-order valence-electron chi connectivity index (χ1n) is 7.09. The van der Waals surface area contributed by atoms with E-state index in [0.717, 1.165) is 25.7 Å². The number of carbonyl (C=O) groups is 2. The van der Waals surface area contributed by atoms with Crippen molar-refractivity contribution in [3.8, 4) is 5.75 Å². The molecule has 0 radical (unpaired) electrons. The van der Waals surface area contributed by atoms with Gasteiger partial charge in [-0.15, -0.1) is 0 Å². The zero-order chi connectivity index (χ0) is 15.2. The average Bonchev–Trinajstić information content (AvgIpc) is 2.48. The van der Waals surface area contributed by atoms with Crippen LogP contribution in [0.1, 0.15) is 42.5 Å². The molecular weight excluding hydrogens is 272 g/mol. The Balaban J connectivity index is 2.04. The van der Waals surface area contributed by atoms with Crippen molar-refractivity contribution in [1.29, 1.82) is 0 Å². The molecule has 1 aliphatic rings. The lowest BCUT2D eigenvalue weighted by molar-refractivity contribution is 0.0697. The minimum Gasteiger partial charge on any atom is -0.495 e. The lowest BCUT2D eigenvalue weighted by atomic mass is 9.96. The number of benzene rings is 1. The maximum Gasteiger partial charge on any atom is 0.335 e. The van der Waals surface area contributed by atoms with E-state index in [9.17, 15) is 9.59 Å². The van der Waals surface area contributed by atoms with Gasteiger partial charge >= 0.3 is 12.0 Å². The SMILES string of the molecule is COc1ccc(C(=O)O)cc1NC(=O)NC1CCCCC1. The van der Waals surface area contributed by atoms with Gasteiger partial charge in [0.25, 0.3) is 0 Å². The first kappa shape index (κ1) is 15.2. The first-order valence-corrected chi connectivity index (χ1v) is 7.09. The third-order valence-corrected chi connectivity index (χ3v) is 3.64. The molecule has 2 amide bonds. The highest BCUT2D eigenvalue weighted by atomic mass is 16.5. The molecule has 0 aliphatic heterocycles. The fraction of sp³-hybridized carbons (Fsp3) is 0.467. The number of aromatic carboxylic acids is 1. The normalized spacial score (nSPS) is 15.3. The summed E-state index contributed by atoms with van der Waals surface area (Å²) in [6.07, 6.45) is 5.44. The fourth-order valence-electron chi connectivity index (χ4n) is 2.53. The summed E-state index contributed by atoms with van der Waals surface area (Å²) in [5.41, 5.74) is 0.453. The fourth-order valence-corrected chi connectivity index (χ4v) is 2.53. The van der Waals surface area contributed by atoms with Crippen molar-refractivity contribution in [2.75, 3.05) is 12.4 Å². The van der Waals surface area contributed by atoms with Gasteiger partial charge in [0.15, 0.2) is 0 Å². The van der Waals surface area contributed by atoms with Gasteiger partial charge in [-0.25, -0.2) is 9.59 Å². The number of rotatable bonds is 4. The van der Waals surface area contributed by atoms with Crippen molar-refractivity contribution in [2.45, 2.75) is 38.1 Å². The molecule has 0 bridgehead atoms. The Morgan fingerprint density at radius 3 is 2.57 bits per heavy atom. The van der Waals surface area contributed by atoms with Crippen LogP contribution >= 0.6 is 0 Å². The Labute approximate surface area is 123 Å². The minimum absolute atomic E-state index is 0.101. The van der Waals surface area contributed by atoms with E-state index in [1.807, 2.05) is 0 Å². The summed E-state index contributed by atoms with van der Waals surface area (Å²) >= 11 is 0. The predicted molar refractivity (Wildman–Crippen MR) is 79.0 cm³/mol. The number of methoxy groups -OCH3 is 1. The molecule has 0 atom stereocenters. The lowest BCUT2D eigenvalue weighted by Gasteiger charge is -2.23. The lowest BCUT2D eigenvalue weighted by Crippen LogP contribution is -2.39. The molecule has 1 aromatic carbocycles.